The van der Waals surface area contributed by atoms with Crippen molar-refractivity contribution in [2.24, 2.45) is 0 Å². The Morgan fingerprint density at radius 3 is 2.95 bits per heavy atom. The van der Waals surface area contributed by atoms with Crippen LogP contribution < -0.4 is 5.73 Å². The van der Waals surface area contributed by atoms with E-state index in [1.807, 2.05) is 24.4 Å². The molecule has 3 heterocycles. The van der Waals surface area contributed by atoms with Crippen molar-refractivity contribution in [2.75, 3.05) is 5.73 Å². The molecular formula is C12H9BrN4OS. The van der Waals surface area contributed by atoms with E-state index in [0.29, 0.717) is 23.1 Å². The van der Waals surface area contributed by atoms with Gasteiger partial charge in [0.1, 0.15) is 10.6 Å². The van der Waals surface area contributed by atoms with Gasteiger partial charge in [0.2, 0.25) is 5.82 Å². The topological polar surface area (TPSA) is 77.8 Å². The van der Waals surface area contributed by atoms with E-state index in [0.717, 1.165) is 14.9 Å². The summed E-state index contributed by atoms with van der Waals surface area (Å²) in [6.07, 6.45) is 1.68. The average molecular weight is 337 g/mol. The molecule has 0 saturated heterocycles. The Morgan fingerprint density at radius 1 is 1.42 bits per heavy atom. The summed E-state index contributed by atoms with van der Waals surface area (Å²) >= 11 is 4.90. The fraction of sp³-hybridized carbons (Fsp3) is 0.0833. The highest BCUT2D eigenvalue weighted by Gasteiger charge is 2.17. The van der Waals surface area contributed by atoms with Gasteiger partial charge in [-0.2, -0.15) is 4.98 Å². The number of nitrogen functional groups attached to an aromatic ring is 1. The van der Waals surface area contributed by atoms with E-state index in [2.05, 4.69) is 31.1 Å². The minimum Gasteiger partial charge on any atom is -0.397 e. The summed E-state index contributed by atoms with van der Waals surface area (Å²) in [5.74, 6) is 0.857. The van der Waals surface area contributed by atoms with Gasteiger partial charge in [0.15, 0.2) is 0 Å². The third-order valence-electron chi connectivity index (χ3n) is 2.61. The molecule has 3 aromatic rings. The molecule has 7 heteroatoms. The van der Waals surface area contributed by atoms with Gasteiger partial charge in [-0.1, -0.05) is 5.16 Å². The summed E-state index contributed by atoms with van der Waals surface area (Å²) in [5.41, 5.74) is 8.31. The van der Waals surface area contributed by atoms with Crippen LogP contribution in [0.1, 0.15) is 5.56 Å². The van der Waals surface area contributed by atoms with Gasteiger partial charge in [-0.15, -0.1) is 11.3 Å². The molecular weight excluding hydrogens is 328 g/mol. The lowest BCUT2D eigenvalue weighted by atomic mass is 10.3. The van der Waals surface area contributed by atoms with Crippen molar-refractivity contribution in [2.45, 2.75) is 6.92 Å². The molecule has 0 unspecified atom stereocenters. The fourth-order valence-electron chi connectivity index (χ4n) is 1.58. The Labute approximate surface area is 121 Å². The van der Waals surface area contributed by atoms with Gasteiger partial charge in [-0.05, 0) is 45.9 Å². The maximum atomic E-state index is 5.97. The van der Waals surface area contributed by atoms with Crippen molar-refractivity contribution < 1.29 is 4.52 Å². The number of thiophene rings is 1. The van der Waals surface area contributed by atoms with Crippen LogP contribution in [0, 0.1) is 6.92 Å². The molecule has 0 aliphatic rings. The summed E-state index contributed by atoms with van der Waals surface area (Å²) in [5, 5.41) is 5.91. The lowest BCUT2D eigenvalue weighted by Gasteiger charge is -1.95. The first-order valence-electron chi connectivity index (χ1n) is 5.45. The molecule has 0 atom stereocenters. The zero-order valence-corrected chi connectivity index (χ0v) is 12.3. The smallest absolute Gasteiger partial charge is 0.270 e. The van der Waals surface area contributed by atoms with Gasteiger partial charge in [0.25, 0.3) is 5.89 Å². The Kier molecular flexibility index (Phi) is 3.08. The molecule has 3 rings (SSSR count). The minimum atomic E-state index is 0.420. The second-order valence-corrected chi connectivity index (χ2v) is 5.65. The molecule has 0 spiro atoms. The number of anilines is 1. The number of pyridine rings is 1. The molecule has 0 aromatic carbocycles. The van der Waals surface area contributed by atoms with Crippen LogP contribution in [0.15, 0.2) is 32.7 Å². The zero-order chi connectivity index (χ0) is 13.4. The highest BCUT2D eigenvalue weighted by Crippen LogP contribution is 2.34. The molecule has 0 bridgehead atoms. The van der Waals surface area contributed by atoms with Gasteiger partial charge in [-0.25, -0.2) is 0 Å². The van der Waals surface area contributed by atoms with Crippen molar-refractivity contribution in [3.05, 3.63) is 33.7 Å². The van der Waals surface area contributed by atoms with E-state index in [4.69, 9.17) is 10.3 Å². The molecule has 5 nitrogen and oxygen atoms in total. The molecule has 0 amide bonds. The number of rotatable bonds is 2. The molecule has 3 aromatic heterocycles. The van der Waals surface area contributed by atoms with E-state index < -0.39 is 0 Å². The number of hydrogen-bond donors (Lipinski definition) is 1. The predicted molar refractivity (Wildman–Crippen MR) is 77.7 cm³/mol. The van der Waals surface area contributed by atoms with Crippen LogP contribution in [-0.4, -0.2) is 15.1 Å². The van der Waals surface area contributed by atoms with Crippen molar-refractivity contribution in [1.29, 1.82) is 0 Å². The molecule has 2 N–H and O–H groups in total. The number of hydrogen-bond acceptors (Lipinski definition) is 6. The first-order chi connectivity index (χ1) is 9.16. The van der Waals surface area contributed by atoms with Crippen molar-refractivity contribution in [3.8, 4) is 22.3 Å². The van der Waals surface area contributed by atoms with Gasteiger partial charge in [-0.3, -0.25) is 4.98 Å². The summed E-state index contributed by atoms with van der Waals surface area (Å²) in [4.78, 5) is 9.36. The number of halogens is 1. The number of nitrogens with zero attached hydrogens (tertiary/aromatic N) is 3. The van der Waals surface area contributed by atoms with Crippen molar-refractivity contribution in [3.63, 3.8) is 0 Å². The molecule has 0 saturated carbocycles. The van der Waals surface area contributed by atoms with Crippen molar-refractivity contribution >= 4 is 33.0 Å². The quantitative estimate of drug-likeness (QED) is 0.774. The number of aryl methyl sites for hydroxylation is 1. The van der Waals surface area contributed by atoms with Gasteiger partial charge in [0.05, 0.1) is 5.69 Å². The molecule has 0 aliphatic heterocycles. The van der Waals surface area contributed by atoms with Crippen LogP contribution in [0.25, 0.3) is 22.3 Å². The lowest BCUT2D eigenvalue weighted by Crippen LogP contribution is -1.88. The van der Waals surface area contributed by atoms with Crippen LogP contribution in [0.4, 0.5) is 5.69 Å². The highest BCUT2D eigenvalue weighted by molar-refractivity contribution is 9.10. The lowest BCUT2D eigenvalue weighted by molar-refractivity contribution is 0.433. The van der Waals surface area contributed by atoms with E-state index in [1.54, 1.807) is 6.20 Å². The summed E-state index contributed by atoms with van der Waals surface area (Å²) in [6, 6.07) is 3.71. The first kappa shape index (κ1) is 12.3. The molecule has 0 fully saturated rings. The normalized spacial score (nSPS) is 10.8. The van der Waals surface area contributed by atoms with Crippen LogP contribution in [-0.2, 0) is 0 Å². The van der Waals surface area contributed by atoms with E-state index in [1.165, 1.54) is 11.3 Å². The van der Waals surface area contributed by atoms with Crippen LogP contribution in [0.3, 0.4) is 0 Å². The molecule has 96 valence electrons. The maximum Gasteiger partial charge on any atom is 0.270 e. The Hall–Kier alpha value is -1.73. The first-order valence-corrected chi connectivity index (χ1v) is 7.12. The SMILES string of the molecule is Cc1csc(-c2nc(-c3ncccc3Br)no2)c1N. The minimum absolute atomic E-state index is 0.420. The van der Waals surface area contributed by atoms with E-state index >= 15 is 0 Å². The second-order valence-electron chi connectivity index (χ2n) is 3.92. The third-order valence-corrected chi connectivity index (χ3v) is 4.36. The fourth-order valence-corrected chi connectivity index (χ4v) is 2.91. The number of aromatic nitrogens is 3. The molecule has 19 heavy (non-hydrogen) atoms. The molecule has 0 aliphatic carbocycles. The average Bonchev–Trinajstić information content (AvgIpc) is 2.99. The second kappa shape index (κ2) is 4.75. The summed E-state index contributed by atoms with van der Waals surface area (Å²) in [6.45, 7) is 1.95. The maximum absolute atomic E-state index is 5.97. The monoisotopic (exact) mass is 336 g/mol. The van der Waals surface area contributed by atoms with Gasteiger partial charge >= 0.3 is 0 Å². The van der Waals surface area contributed by atoms with E-state index in [-0.39, 0.29) is 0 Å². The summed E-state index contributed by atoms with van der Waals surface area (Å²) in [7, 11) is 0. The van der Waals surface area contributed by atoms with Gasteiger partial charge in [0, 0.05) is 10.7 Å². The highest BCUT2D eigenvalue weighted by atomic mass is 79.9. The third kappa shape index (κ3) is 2.15. The van der Waals surface area contributed by atoms with Crippen LogP contribution >= 0.6 is 27.3 Å². The van der Waals surface area contributed by atoms with Crippen LogP contribution in [0.2, 0.25) is 0 Å². The Balaban J connectivity index is 2.05. The number of nitrogens with two attached hydrogens (primary N) is 1. The van der Waals surface area contributed by atoms with Crippen molar-refractivity contribution in [1.82, 2.24) is 15.1 Å². The predicted octanol–water partition coefficient (Wildman–Crippen LogP) is 3.51. The Morgan fingerprint density at radius 2 is 2.26 bits per heavy atom. The van der Waals surface area contributed by atoms with Gasteiger partial charge < -0.3 is 10.3 Å². The largest absolute Gasteiger partial charge is 0.397 e. The summed E-state index contributed by atoms with van der Waals surface area (Å²) < 4.78 is 6.08. The van der Waals surface area contributed by atoms with Crippen LogP contribution in [0.5, 0.6) is 0 Å². The zero-order valence-electron chi connectivity index (χ0n) is 9.92. The molecule has 0 radical (unpaired) electrons. The standard InChI is InChI=1S/C12H9BrN4OS/c1-6-5-19-10(8(6)14)12-16-11(17-18-12)9-7(13)3-2-4-15-9/h2-5H,14H2,1H3. The Bertz CT molecular complexity index is 737. The van der Waals surface area contributed by atoms with E-state index in [9.17, 15) is 0 Å².